The molecular formula is C11H23NO3. The highest BCUT2D eigenvalue weighted by Crippen LogP contribution is 2.24. The molecule has 0 aromatic rings. The molecule has 0 spiro atoms. The van der Waals surface area contributed by atoms with Crippen LogP contribution in [0.15, 0.2) is 0 Å². The maximum absolute atomic E-state index is 10.1. The Labute approximate surface area is 92.0 Å². The molecule has 4 nitrogen and oxygen atoms in total. The second-order valence-electron chi connectivity index (χ2n) is 4.46. The Hall–Kier alpha value is -0.160. The summed E-state index contributed by atoms with van der Waals surface area (Å²) in [5.74, 6) is 0. The van der Waals surface area contributed by atoms with Crippen molar-refractivity contribution in [3.63, 3.8) is 0 Å². The van der Waals surface area contributed by atoms with Gasteiger partial charge in [-0.25, -0.2) is 0 Å². The van der Waals surface area contributed by atoms with Crippen molar-refractivity contribution >= 4 is 0 Å². The van der Waals surface area contributed by atoms with E-state index in [1.807, 2.05) is 20.8 Å². The number of nitrogens with one attached hydrogen (secondary N) is 1. The van der Waals surface area contributed by atoms with Gasteiger partial charge in [0.25, 0.3) is 0 Å². The van der Waals surface area contributed by atoms with Crippen LogP contribution in [0.4, 0.5) is 0 Å². The van der Waals surface area contributed by atoms with E-state index in [1.165, 1.54) is 0 Å². The van der Waals surface area contributed by atoms with Crippen molar-refractivity contribution in [2.24, 2.45) is 0 Å². The minimum atomic E-state index is -0.697. The fraction of sp³-hybridized carbons (Fsp3) is 1.00. The van der Waals surface area contributed by atoms with E-state index in [0.717, 1.165) is 6.54 Å². The van der Waals surface area contributed by atoms with Crippen molar-refractivity contribution in [3.8, 4) is 0 Å². The first-order valence-corrected chi connectivity index (χ1v) is 5.71. The zero-order valence-electron chi connectivity index (χ0n) is 9.95. The Morgan fingerprint density at radius 3 is 2.87 bits per heavy atom. The van der Waals surface area contributed by atoms with Gasteiger partial charge in [0.05, 0.1) is 18.8 Å². The summed E-state index contributed by atoms with van der Waals surface area (Å²) < 4.78 is 10.7. The number of ether oxygens (including phenoxy) is 2. The van der Waals surface area contributed by atoms with Gasteiger partial charge in [-0.05, 0) is 20.8 Å². The zero-order chi connectivity index (χ0) is 11.3. The van der Waals surface area contributed by atoms with Crippen molar-refractivity contribution < 1.29 is 14.6 Å². The predicted molar refractivity (Wildman–Crippen MR) is 58.9 cm³/mol. The highest BCUT2D eigenvalue weighted by atomic mass is 16.5. The van der Waals surface area contributed by atoms with E-state index in [-0.39, 0.29) is 12.2 Å². The number of rotatable bonds is 6. The molecule has 2 N–H and O–H groups in total. The van der Waals surface area contributed by atoms with Crippen LogP contribution in [0.25, 0.3) is 0 Å². The maximum Gasteiger partial charge on any atom is 0.105 e. The van der Waals surface area contributed by atoms with Crippen LogP contribution in [0.2, 0.25) is 0 Å². The van der Waals surface area contributed by atoms with Gasteiger partial charge in [0.1, 0.15) is 5.60 Å². The predicted octanol–water partition coefficient (Wildman–Crippen LogP) is 0.541. The lowest BCUT2D eigenvalue weighted by atomic mass is 9.97. The van der Waals surface area contributed by atoms with E-state index in [2.05, 4.69) is 5.32 Å². The molecule has 2 atom stereocenters. The summed E-state index contributed by atoms with van der Waals surface area (Å²) in [5.41, 5.74) is -0.697. The smallest absolute Gasteiger partial charge is 0.105 e. The van der Waals surface area contributed by atoms with Crippen molar-refractivity contribution in [1.29, 1.82) is 0 Å². The van der Waals surface area contributed by atoms with Gasteiger partial charge < -0.3 is 19.9 Å². The quantitative estimate of drug-likeness (QED) is 0.638. The van der Waals surface area contributed by atoms with E-state index in [9.17, 15) is 5.11 Å². The van der Waals surface area contributed by atoms with E-state index in [1.54, 1.807) is 0 Å². The lowest BCUT2D eigenvalue weighted by molar-refractivity contribution is -0.0273. The van der Waals surface area contributed by atoms with E-state index in [0.29, 0.717) is 26.2 Å². The molecule has 15 heavy (non-hydrogen) atoms. The molecule has 1 rings (SSSR count). The Kier molecular flexibility index (Phi) is 4.99. The maximum atomic E-state index is 10.1. The van der Waals surface area contributed by atoms with Crippen molar-refractivity contribution in [2.45, 2.75) is 45.0 Å². The van der Waals surface area contributed by atoms with Gasteiger partial charge >= 0.3 is 0 Å². The van der Waals surface area contributed by atoms with Crippen LogP contribution < -0.4 is 5.32 Å². The highest BCUT2D eigenvalue weighted by molar-refractivity contribution is 4.91. The zero-order valence-corrected chi connectivity index (χ0v) is 9.95. The van der Waals surface area contributed by atoms with E-state index < -0.39 is 5.60 Å². The molecule has 1 saturated heterocycles. The fourth-order valence-electron chi connectivity index (χ4n) is 1.67. The Balaban J connectivity index is 2.09. The van der Waals surface area contributed by atoms with Crippen molar-refractivity contribution in [1.82, 2.24) is 5.32 Å². The largest absolute Gasteiger partial charge is 0.386 e. The second kappa shape index (κ2) is 5.80. The summed E-state index contributed by atoms with van der Waals surface area (Å²) in [5, 5.41) is 13.3. The van der Waals surface area contributed by atoms with Gasteiger partial charge in [-0.1, -0.05) is 0 Å². The third-order valence-corrected chi connectivity index (χ3v) is 2.82. The molecule has 1 aliphatic rings. The molecule has 0 aromatic heterocycles. The third kappa shape index (κ3) is 4.07. The SMILES string of the molecule is CC(C)OCCNCC1(O)CCOC1C. The van der Waals surface area contributed by atoms with Crippen LogP contribution in [0.5, 0.6) is 0 Å². The summed E-state index contributed by atoms with van der Waals surface area (Å²) in [4.78, 5) is 0. The van der Waals surface area contributed by atoms with Crippen LogP contribution in [0.3, 0.4) is 0 Å². The summed E-state index contributed by atoms with van der Waals surface area (Å²) in [6.07, 6.45) is 0.909. The molecule has 0 amide bonds. The molecule has 0 bridgehead atoms. The monoisotopic (exact) mass is 217 g/mol. The molecule has 90 valence electrons. The molecule has 0 saturated carbocycles. The van der Waals surface area contributed by atoms with Crippen LogP contribution in [0.1, 0.15) is 27.2 Å². The molecule has 2 unspecified atom stereocenters. The highest BCUT2D eigenvalue weighted by Gasteiger charge is 2.38. The van der Waals surface area contributed by atoms with Crippen molar-refractivity contribution in [2.75, 3.05) is 26.3 Å². The van der Waals surface area contributed by atoms with Gasteiger partial charge in [0.15, 0.2) is 0 Å². The van der Waals surface area contributed by atoms with Crippen LogP contribution in [-0.2, 0) is 9.47 Å². The average molecular weight is 217 g/mol. The molecule has 0 aromatic carbocycles. The van der Waals surface area contributed by atoms with Crippen LogP contribution in [0, 0.1) is 0 Å². The van der Waals surface area contributed by atoms with Crippen molar-refractivity contribution in [3.05, 3.63) is 0 Å². The fourth-order valence-corrected chi connectivity index (χ4v) is 1.67. The van der Waals surface area contributed by atoms with Gasteiger partial charge in [-0.3, -0.25) is 0 Å². The number of hydrogen-bond acceptors (Lipinski definition) is 4. The lowest BCUT2D eigenvalue weighted by Gasteiger charge is -2.26. The molecule has 1 heterocycles. The molecular weight excluding hydrogens is 194 g/mol. The van der Waals surface area contributed by atoms with Gasteiger partial charge in [-0.2, -0.15) is 0 Å². The third-order valence-electron chi connectivity index (χ3n) is 2.82. The van der Waals surface area contributed by atoms with Gasteiger partial charge in [0.2, 0.25) is 0 Å². The second-order valence-corrected chi connectivity index (χ2v) is 4.46. The molecule has 1 aliphatic heterocycles. The molecule has 4 heteroatoms. The first kappa shape index (κ1) is 12.9. The molecule has 0 aliphatic carbocycles. The first-order valence-electron chi connectivity index (χ1n) is 5.71. The standard InChI is InChI=1S/C11H23NO3/c1-9(2)14-7-5-12-8-11(13)4-6-15-10(11)3/h9-10,12-13H,4-8H2,1-3H3. The van der Waals surface area contributed by atoms with E-state index in [4.69, 9.17) is 9.47 Å². The van der Waals surface area contributed by atoms with Crippen LogP contribution in [-0.4, -0.2) is 49.2 Å². The Morgan fingerprint density at radius 2 is 2.33 bits per heavy atom. The Bertz CT molecular complexity index is 187. The minimum Gasteiger partial charge on any atom is -0.386 e. The normalized spacial score (nSPS) is 31.4. The lowest BCUT2D eigenvalue weighted by Crippen LogP contribution is -2.46. The Morgan fingerprint density at radius 1 is 1.60 bits per heavy atom. The number of hydrogen-bond donors (Lipinski definition) is 2. The first-order chi connectivity index (χ1) is 7.04. The van der Waals surface area contributed by atoms with Gasteiger partial charge in [0, 0.05) is 26.1 Å². The summed E-state index contributed by atoms with van der Waals surface area (Å²) >= 11 is 0. The topological polar surface area (TPSA) is 50.7 Å². The summed E-state index contributed by atoms with van der Waals surface area (Å²) in [6, 6.07) is 0. The summed E-state index contributed by atoms with van der Waals surface area (Å²) in [7, 11) is 0. The summed E-state index contributed by atoms with van der Waals surface area (Å²) in [6.45, 7) is 8.63. The number of aliphatic hydroxyl groups is 1. The van der Waals surface area contributed by atoms with E-state index >= 15 is 0 Å². The molecule has 1 fully saturated rings. The molecule has 0 radical (unpaired) electrons. The van der Waals surface area contributed by atoms with Gasteiger partial charge in [-0.15, -0.1) is 0 Å². The average Bonchev–Trinajstić information content (AvgIpc) is 2.46. The minimum absolute atomic E-state index is 0.0731. The van der Waals surface area contributed by atoms with Crippen LogP contribution >= 0.6 is 0 Å².